The van der Waals surface area contributed by atoms with Gasteiger partial charge in [-0.2, -0.15) is 0 Å². The highest BCUT2D eigenvalue weighted by molar-refractivity contribution is 7.99. The smallest absolute Gasteiger partial charge is 0.234 e. The Hall–Kier alpha value is -3.04. The SMILES string of the molecule is COc1ccc(NC(=O)CSc2nnc(N3CCOCC3)n2-c2ccccc2C)cc1. The van der Waals surface area contributed by atoms with Gasteiger partial charge < -0.3 is 19.7 Å². The van der Waals surface area contributed by atoms with Crippen molar-refractivity contribution in [2.75, 3.05) is 49.4 Å². The predicted octanol–water partition coefficient (Wildman–Crippen LogP) is 3.15. The highest BCUT2D eigenvalue weighted by atomic mass is 32.2. The maximum absolute atomic E-state index is 12.5. The van der Waals surface area contributed by atoms with E-state index in [-0.39, 0.29) is 11.7 Å². The molecule has 2 heterocycles. The van der Waals surface area contributed by atoms with Crippen LogP contribution in [0.4, 0.5) is 11.6 Å². The highest BCUT2D eigenvalue weighted by Crippen LogP contribution is 2.29. The number of nitrogens with one attached hydrogen (secondary N) is 1. The van der Waals surface area contributed by atoms with Crippen molar-refractivity contribution in [2.24, 2.45) is 0 Å². The predicted molar refractivity (Wildman–Crippen MR) is 121 cm³/mol. The van der Waals surface area contributed by atoms with Crippen molar-refractivity contribution in [1.29, 1.82) is 0 Å². The zero-order valence-corrected chi connectivity index (χ0v) is 18.4. The summed E-state index contributed by atoms with van der Waals surface area (Å²) in [5, 5.41) is 12.4. The number of methoxy groups -OCH3 is 1. The van der Waals surface area contributed by atoms with E-state index in [4.69, 9.17) is 9.47 Å². The number of aromatic nitrogens is 3. The van der Waals surface area contributed by atoms with Crippen LogP contribution in [-0.2, 0) is 9.53 Å². The number of rotatable bonds is 7. The van der Waals surface area contributed by atoms with Crippen LogP contribution in [0.5, 0.6) is 5.75 Å². The molecule has 3 aromatic rings. The third-order valence-electron chi connectivity index (χ3n) is 4.97. The van der Waals surface area contributed by atoms with Gasteiger partial charge in [0.2, 0.25) is 11.9 Å². The first-order chi connectivity index (χ1) is 15.2. The summed E-state index contributed by atoms with van der Waals surface area (Å²) in [6.07, 6.45) is 0. The first-order valence-corrected chi connectivity index (χ1v) is 11.0. The molecule has 0 spiro atoms. The van der Waals surface area contributed by atoms with E-state index < -0.39 is 0 Å². The van der Waals surface area contributed by atoms with Gasteiger partial charge in [-0.05, 0) is 42.8 Å². The van der Waals surface area contributed by atoms with Crippen LogP contribution in [0, 0.1) is 6.92 Å². The van der Waals surface area contributed by atoms with Crippen LogP contribution in [0.2, 0.25) is 0 Å². The van der Waals surface area contributed by atoms with Gasteiger partial charge in [0.25, 0.3) is 0 Å². The van der Waals surface area contributed by atoms with Crippen molar-refractivity contribution in [3.63, 3.8) is 0 Å². The van der Waals surface area contributed by atoms with Gasteiger partial charge in [0.15, 0.2) is 5.16 Å². The summed E-state index contributed by atoms with van der Waals surface area (Å²) in [5.41, 5.74) is 2.84. The minimum absolute atomic E-state index is 0.109. The van der Waals surface area contributed by atoms with E-state index >= 15 is 0 Å². The quantitative estimate of drug-likeness (QED) is 0.567. The summed E-state index contributed by atoms with van der Waals surface area (Å²) < 4.78 is 12.7. The molecule has 162 valence electrons. The second kappa shape index (κ2) is 9.84. The molecular weight excluding hydrogens is 414 g/mol. The zero-order valence-electron chi connectivity index (χ0n) is 17.6. The molecule has 0 atom stereocenters. The molecule has 1 amide bonds. The van der Waals surface area contributed by atoms with Gasteiger partial charge in [0.1, 0.15) is 5.75 Å². The molecule has 0 bridgehead atoms. The molecule has 8 nitrogen and oxygen atoms in total. The summed E-state index contributed by atoms with van der Waals surface area (Å²) in [4.78, 5) is 14.7. The van der Waals surface area contributed by atoms with E-state index in [1.807, 2.05) is 47.0 Å². The third-order valence-corrected chi connectivity index (χ3v) is 5.90. The van der Waals surface area contributed by atoms with Crippen LogP contribution in [-0.4, -0.2) is 59.8 Å². The summed E-state index contributed by atoms with van der Waals surface area (Å²) in [7, 11) is 1.61. The number of para-hydroxylation sites is 1. The second-order valence-electron chi connectivity index (χ2n) is 7.07. The standard InChI is InChI=1S/C22H25N5O3S/c1-16-5-3-4-6-19(16)27-21(26-11-13-30-14-12-26)24-25-22(27)31-15-20(28)23-17-7-9-18(29-2)10-8-17/h3-10H,11-15H2,1-2H3,(H,23,28). The summed E-state index contributed by atoms with van der Waals surface area (Å²) in [5.74, 6) is 1.63. The van der Waals surface area contributed by atoms with Gasteiger partial charge >= 0.3 is 0 Å². The fourth-order valence-electron chi connectivity index (χ4n) is 3.35. The van der Waals surface area contributed by atoms with Crippen molar-refractivity contribution >= 4 is 29.3 Å². The molecule has 1 saturated heterocycles. The Morgan fingerprint density at radius 2 is 1.87 bits per heavy atom. The molecule has 0 aliphatic carbocycles. The van der Waals surface area contributed by atoms with E-state index in [1.165, 1.54) is 11.8 Å². The molecule has 1 N–H and O–H groups in total. The maximum atomic E-state index is 12.5. The Kier molecular flexibility index (Phi) is 6.73. The highest BCUT2D eigenvalue weighted by Gasteiger charge is 2.23. The fraction of sp³-hybridized carbons (Fsp3) is 0.318. The molecule has 4 rings (SSSR count). The van der Waals surface area contributed by atoms with Gasteiger partial charge in [-0.25, -0.2) is 0 Å². The number of carbonyl (C=O) groups excluding carboxylic acids is 1. The van der Waals surface area contributed by atoms with Crippen LogP contribution < -0.4 is 15.0 Å². The Balaban J connectivity index is 1.52. The number of carbonyl (C=O) groups is 1. The van der Waals surface area contributed by atoms with Crippen molar-refractivity contribution in [3.8, 4) is 11.4 Å². The Labute approximate surface area is 185 Å². The molecule has 9 heteroatoms. The number of anilines is 2. The number of aryl methyl sites for hydroxylation is 1. The number of morpholine rings is 1. The average molecular weight is 440 g/mol. The first kappa shape index (κ1) is 21.2. The summed E-state index contributed by atoms with van der Waals surface area (Å²) in [6.45, 7) is 4.89. The minimum atomic E-state index is -0.109. The lowest BCUT2D eigenvalue weighted by molar-refractivity contribution is -0.113. The average Bonchev–Trinajstić information content (AvgIpc) is 3.23. The first-order valence-electron chi connectivity index (χ1n) is 10.1. The number of ether oxygens (including phenoxy) is 2. The maximum Gasteiger partial charge on any atom is 0.234 e. The zero-order chi connectivity index (χ0) is 21.6. The molecule has 0 radical (unpaired) electrons. The van der Waals surface area contributed by atoms with Crippen molar-refractivity contribution in [1.82, 2.24) is 14.8 Å². The van der Waals surface area contributed by atoms with Crippen molar-refractivity contribution in [2.45, 2.75) is 12.1 Å². The lowest BCUT2D eigenvalue weighted by Gasteiger charge is -2.28. The Morgan fingerprint density at radius 1 is 1.13 bits per heavy atom. The van der Waals surface area contributed by atoms with E-state index in [1.54, 1.807) is 7.11 Å². The molecule has 0 unspecified atom stereocenters. The van der Waals surface area contributed by atoms with Crippen LogP contribution in [0.1, 0.15) is 5.56 Å². The molecular formula is C22H25N5O3S. The number of thioether (sulfide) groups is 1. The monoisotopic (exact) mass is 439 g/mol. The Morgan fingerprint density at radius 3 is 2.58 bits per heavy atom. The molecule has 31 heavy (non-hydrogen) atoms. The number of nitrogens with zero attached hydrogens (tertiary/aromatic N) is 4. The van der Waals surface area contributed by atoms with Crippen molar-refractivity contribution in [3.05, 3.63) is 54.1 Å². The van der Waals surface area contributed by atoms with Gasteiger partial charge in [0.05, 0.1) is 31.8 Å². The van der Waals surface area contributed by atoms with E-state index in [2.05, 4.69) is 33.4 Å². The Bertz CT molecular complexity index is 1030. The molecule has 1 aromatic heterocycles. The molecule has 1 fully saturated rings. The molecule has 1 aliphatic heterocycles. The largest absolute Gasteiger partial charge is 0.497 e. The number of benzene rings is 2. The van der Waals surface area contributed by atoms with E-state index in [9.17, 15) is 4.79 Å². The number of hydrogen-bond donors (Lipinski definition) is 1. The van der Waals surface area contributed by atoms with Gasteiger partial charge in [-0.15, -0.1) is 10.2 Å². The van der Waals surface area contributed by atoms with Gasteiger partial charge in [0, 0.05) is 18.8 Å². The lowest BCUT2D eigenvalue weighted by Crippen LogP contribution is -2.38. The molecule has 1 aliphatic rings. The lowest BCUT2D eigenvalue weighted by atomic mass is 10.2. The third kappa shape index (κ3) is 5.00. The van der Waals surface area contributed by atoms with Crippen molar-refractivity contribution < 1.29 is 14.3 Å². The van der Waals surface area contributed by atoms with E-state index in [0.717, 1.165) is 41.7 Å². The normalized spacial score (nSPS) is 13.8. The van der Waals surface area contributed by atoms with Crippen LogP contribution in [0.15, 0.2) is 53.7 Å². The number of amides is 1. The van der Waals surface area contributed by atoms with Crippen LogP contribution in [0.25, 0.3) is 5.69 Å². The van der Waals surface area contributed by atoms with Gasteiger partial charge in [-0.1, -0.05) is 30.0 Å². The second-order valence-corrected chi connectivity index (χ2v) is 8.01. The fourth-order valence-corrected chi connectivity index (χ4v) is 4.09. The number of hydrogen-bond acceptors (Lipinski definition) is 7. The summed E-state index contributed by atoms with van der Waals surface area (Å²) >= 11 is 1.37. The topological polar surface area (TPSA) is 81.5 Å². The molecule has 2 aromatic carbocycles. The summed E-state index contributed by atoms with van der Waals surface area (Å²) in [6, 6.07) is 15.4. The van der Waals surface area contributed by atoms with Crippen LogP contribution >= 0.6 is 11.8 Å². The minimum Gasteiger partial charge on any atom is -0.497 e. The van der Waals surface area contributed by atoms with Crippen LogP contribution in [0.3, 0.4) is 0 Å². The molecule has 0 saturated carbocycles. The van der Waals surface area contributed by atoms with E-state index in [0.29, 0.717) is 18.4 Å². The van der Waals surface area contributed by atoms with Gasteiger partial charge in [-0.3, -0.25) is 9.36 Å².